The average Bonchev–Trinajstić information content (AvgIpc) is 3.47. The predicted molar refractivity (Wildman–Crippen MR) is 173 cm³/mol. The minimum absolute atomic E-state index is 0.0146. The monoisotopic (exact) mass is 596 g/mol. The van der Waals surface area contributed by atoms with E-state index >= 15 is 0 Å². The van der Waals surface area contributed by atoms with Crippen molar-refractivity contribution in [1.82, 2.24) is 24.4 Å². The van der Waals surface area contributed by atoms with Gasteiger partial charge in [0.15, 0.2) is 11.6 Å². The number of hydrogen-bond acceptors (Lipinski definition) is 7. The Morgan fingerprint density at radius 3 is 2.02 bits per heavy atom. The van der Waals surface area contributed by atoms with Crippen molar-refractivity contribution in [3.05, 3.63) is 71.9 Å². The van der Waals surface area contributed by atoms with Crippen molar-refractivity contribution < 1.29 is 14.3 Å². The molecular weight excluding hydrogens is 556 g/mol. The van der Waals surface area contributed by atoms with Gasteiger partial charge in [-0.1, -0.05) is 20.8 Å². The van der Waals surface area contributed by atoms with Gasteiger partial charge in [0, 0.05) is 72.9 Å². The van der Waals surface area contributed by atoms with Gasteiger partial charge in [-0.05, 0) is 67.7 Å². The molecule has 6 rings (SSSR count). The van der Waals surface area contributed by atoms with Crippen LogP contribution in [0.15, 0.2) is 60.7 Å². The Morgan fingerprint density at radius 1 is 0.795 bits per heavy atom. The van der Waals surface area contributed by atoms with Crippen LogP contribution in [0.25, 0.3) is 16.9 Å². The zero-order chi connectivity index (χ0) is 30.8. The molecule has 0 radical (unpaired) electrons. The number of morpholine rings is 1. The normalized spacial score (nSPS) is 16.3. The number of hydrogen-bond donors (Lipinski definition) is 2. The molecule has 230 valence electrons. The van der Waals surface area contributed by atoms with Gasteiger partial charge in [0.2, 0.25) is 0 Å². The Bertz CT molecular complexity index is 1630. The number of fused-ring (bicyclic) bond motifs is 1. The molecule has 2 fully saturated rings. The lowest BCUT2D eigenvalue weighted by molar-refractivity contribution is 0.0664. The van der Waals surface area contributed by atoms with Crippen molar-refractivity contribution in [3.63, 3.8) is 0 Å². The van der Waals surface area contributed by atoms with Crippen molar-refractivity contribution in [2.45, 2.75) is 26.2 Å². The molecule has 0 atom stereocenters. The summed E-state index contributed by atoms with van der Waals surface area (Å²) < 4.78 is 7.59. The van der Waals surface area contributed by atoms with Crippen LogP contribution in [0.2, 0.25) is 0 Å². The predicted octanol–water partition coefficient (Wildman–Crippen LogP) is 4.56. The minimum Gasteiger partial charge on any atom is -0.378 e. The molecule has 4 aromatic rings. The Morgan fingerprint density at radius 2 is 1.41 bits per heavy atom. The molecule has 2 aromatic carbocycles. The lowest BCUT2D eigenvalue weighted by atomic mass is 9.93. The lowest BCUT2D eigenvalue weighted by Crippen LogP contribution is -2.47. The van der Waals surface area contributed by atoms with Crippen LogP contribution in [0, 0.1) is 0 Å². The number of rotatable bonds is 5. The van der Waals surface area contributed by atoms with Crippen molar-refractivity contribution in [3.8, 4) is 11.4 Å². The molecule has 2 aromatic heterocycles. The Hall–Kier alpha value is -4.48. The van der Waals surface area contributed by atoms with Gasteiger partial charge in [0.25, 0.3) is 5.91 Å². The highest BCUT2D eigenvalue weighted by molar-refractivity contribution is 6.00. The van der Waals surface area contributed by atoms with E-state index in [1.54, 1.807) is 24.3 Å². The van der Waals surface area contributed by atoms with E-state index in [1.165, 1.54) is 0 Å². The number of ether oxygens (including phenoxy) is 1. The maximum absolute atomic E-state index is 12.8. The highest BCUT2D eigenvalue weighted by Gasteiger charge is 2.24. The largest absolute Gasteiger partial charge is 0.378 e. The number of anilines is 3. The zero-order valence-electron chi connectivity index (χ0n) is 25.8. The summed E-state index contributed by atoms with van der Waals surface area (Å²) in [6.07, 6.45) is 0. The molecule has 3 amide bonds. The summed E-state index contributed by atoms with van der Waals surface area (Å²) in [6.45, 7) is 12.6. The topological polar surface area (TPSA) is 107 Å². The first-order valence-electron chi connectivity index (χ1n) is 15.1. The molecule has 2 N–H and O–H groups in total. The van der Waals surface area contributed by atoms with Crippen LogP contribution >= 0.6 is 0 Å². The second-order valence-electron chi connectivity index (χ2n) is 12.5. The number of nitrogens with zero attached hydrogens (tertiary/aromatic N) is 6. The first-order chi connectivity index (χ1) is 21.2. The maximum Gasteiger partial charge on any atom is 0.323 e. The van der Waals surface area contributed by atoms with Gasteiger partial charge in [-0.25, -0.2) is 14.3 Å². The molecule has 0 spiro atoms. The molecule has 0 saturated carbocycles. The number of piperazine rings is 1. The summed E-state index contributed by atoms with van der Waals surface area (Å²) in [4.78, 5) is 36.9. The number of carbonyl (C=O) groups is 2. The van der Waals surface area contributed by atoms with Crippen LogP contribution in [0.4, 0.5) is 22.0 Å². The Labute approximate surface area is 257 Å². The third-order valence-electron chi connectivity index (χ3n) is 8.15. The molecule has 2 aliphatic heterocycles. The van der Waals surface area contributed by atoms with Crippen LogP contribution in [0.1, 0.15) is 36.8 Å². The van der Waals surface area contributed by atoms with E-state index in [1.807, 2.05) is 33.7 Å². The minimum atomic E-state index is -0.370. The average molecular weight is 597 g/mol. The second kappa shape index (κ2) is 12.3. The van der Waals surface area contributed by atoms with E-state index < -0.39 is 0 Å². The standard InChI is InChI=1S/C33H40N8O3/c1-33(2,3)28-14-13-27-30(39-19-21-44-22-20-39)36-29(37-41(27)28)23-5-9-25(10-6-23)34-32(43)35-26-11-7-24(8-12-26)31(42)40-17-15-38(4)16-18-40/h5-14H,15-22H2,1-4H3,(H2,34,35,43). The van der Waals surface area contributed by atoms with Gasteiger partial charge >= 0.3 is 6.03 Å². The molecule has 4 heterocycles. The van der Waals surface area contributed by atoms with Crippen LogP contribution in [-0.4, -0.2) is 95.9 Å². The summed E-state index contributed by atoms with van der Waals surface area (Å²) >= 11 is 0. The van der Waals surface area contributed by atoms with Crippen molar-refractivity contribution in [2.24, 2.45) is 0 Å². The number of urea groups is 1. The van der Waals surface area contributed by atoms with Gasteiger partial charge in [0.1, 0.15) is 5.52 Å². The molecule has 11 heteroatoms. The number of aromatic nitrogens is 3. The number of carbonyl (C=O) groups excluding carboxylic acids is 2. The van der Waals surface area contributed by atoms with Gasteiger partial charge < -0.3 is 30.1 Å². The van der Waals surface area contributed by atoms with Crippen LogP contribution in [0.5, 0.6) is 0 Å². The second-order valence-corrected chi connectivity index (χ2v) is 12.5. The van der Waals surface area contributed by atoms with Crippen molar-refractivity contribution in [1.29, 1.82) is 0 Å². The fourth-order valence-electron chi connectivity index (χ4n) is 5.56. The summed E-state index contributed by atoms with van der Waals surface area (Å²) in [6, 6.07) is 18.4. The van der Waals surface area contributed by atoms with Crippen LogP contribution < -0.4 is 15.5 Å². The van der Waals surface area contributed by atoms with Crippen molar-refractivity contribution in [2.75, 3.05) is 75.1 Å². The van der Waals surface area contributed by atoms with E-state index in [0.29, 0.717) is 36.0 Å². The molecule has 0 aliphatic carbocycles. The summed E-state index contributed by atoms with van der Waals surface area (Å²) in [7, 11) is 2.06. The van der Waals surface area contributed by atoms with Gasteiger partial charge in [-0.2, -0.15) is 0 Å². The van der Waals surface area contributed by atoms with E-state index in [4.69, 9.17) is 14.8 Å². The summed E-state index contributed by atoms with van der Waals surface area (Å²) in [5, 5.41) is 10.7. The van der Waals surface area contributed by atoms with Crippen LogP contribution in [0.3, 0.4) is 0 Å². The van der Waals surface area contributed by atoms with Crippen molar-refractivity contribution >= 4 is 34.6 Å². The molecule has 2 aliphatic rings. The Kier molecular flexibility index (Phi) is 8.24. The number of nitrogens with one attached hydrogen (secondary N) is 2. The van der Waals surface area contributed by atoms with E-state index in [0.717, 1.165) is 61.9 Å². The molecule has 44 heavy (non-hydrogen) atoms. The summed E-state index contributed by atoms with van der Waals surface area (Å²) in [5.74, 6) is 1.52. The first-order valence-corrected chi connectivity index (χ1v) is 15.1. The highest BCUT2D eigenvalue weighted by Crippen LogP contribution is 2.31. The van der Waals surface area contributed by atoms with E-state index in [-0.39, 0.29) is 17.4 Å². The zero-order valence-corrected chi connectivity index (χ0v) is 25.8. The number of benzene rings is 2. The molecule has 0 bridgehead atoms. The van der Waals surface area contributed by atoms with Gasteiger partial charge in [-0.15, -0.1) is 5.10 Å². The number of amides is 3. The molecule has 2 saturated heterocycles. The molecule has 0 unspecified atom stereocenters. The molecule has 11 nitrogen and oxygen atoms in total. The maximum atomic E-state index is 12.8. The third-order valence-corrected chi connectivity index (χ3v) is 8.15. The van der Waals surface area contributed by atoms with Crippen LogP contribution in [-0.2, 0) is 10.2 Å². The Balaban J connectivity index is 1.15. The third kappa shape index (κ3) is 6.39. The lowest BCUT2D eigenvalue weighted by Gasteiger charge is -2.32. The van der Waals surface area contributed by atoms with Gasteiger partial charge in [0.05, 0.1) is 13.2 Å². The molecular formula is C33H40N8O3. The summed E-state index contributed by atoms with van der Waals surface area (Å²) in [5.41, 5.74) is 4.70. The smallest absolute Gasteiger partial charge is 0.323 e. The van der Waals surface area contributed by atoms with E-state index in [9.17, 15) is 9.59 Å². The quantitative estimate of drug-likeness (QED) is 0.348. The van der Waals surface area contributed by atoms with E-state index in [2.05, 4.69) is 60.4 Å². The highest BCUT2D eigenvalue weighted by atomic mass is 16.5. The fourth-order valence-corrected chi connectivity index (χ4v) is 5.56. The first kappa shape index (κ1) is 29.6. The van der Waals surface area contributed by atoms with Gasteiger partial charge in [-0.3, -0.25) is 4.79 Å². The number of likely N-dealkylation sites (N-methyl/N-ethyl adjacent to an activating group) is 1. The SMILES string of the molecule is CN1CCN(C(=O)c2ccc(NC(=O)Nc3ccc(-c4nc(N5CCOCC5)c5ccc(C(C)(C)C)n5n4)cc3)cc2)CC1. The fraction of sp³-hybridized carbons (Fsp3) is 0.394.